The first-order valence-corrected chi connectivity index (χ1v) is 8.99. The number of halogens is 1. The summed E-state index contributed by atoms with van der Waals surface area (Å²) in [5, 5.41) is 14.3. The van der Waals surface area contributed by atoms with Gasteiger partial charge in [-0.05, 0) is 42.6 Å². The largest absolute Gasteiger partial charge is 0.369 e. The van der Waals surface area contributed by atoms with Gasteiger partial charge in [-0.2, -0.15) is 5.26 Å². The zero-order valence-electron chi connectivity index (χ0n) is 13.9. The third kappa shape index (κ3) is 3.98. The van der Waals surface area contributed by atoms with Crippen LogP contribution >= 0.6 is 11.3 Å². The maximum Gasteiger partial charge on any atom is 0.242 e. The summed E-state index contributed by atoms with van der Waals surface area (Å²) in [5.74, 6) is -0.341. The van der Waals surface area contributed by atoms with Crippen molar-refractivity contribution in [2.75, 3.05) is 36.4 Å². The van der Waals surface area contributed by atoms with Crippen molar-refractivity contribution in [2.24, 2.45) is 0 Å². The minimum absolute atomic E-state index is 0.103. The number of carbonyl (C=O) groups excluding carboxylic acids is 1. The van der Waals surface area contributed by atoms with Crippen LogP contribution in [0.3, 0.4) is 0 Å². The average molecular weight is 358 g/mol. The molecule has 0 aliphatic carbocycles. The first kappa shape index (κ1) is 17.4. The Morgan fingerprint density at radius 1 is 1.24 bits per heavy atom. The van der Waals surface area contributed by atoms with Gasteiger partial charge in [-0.3, -0.25) is 9.69 Å². The Morgan fingerprint density at radius 3 is 2.56 bits per heavy atom. The van der Waals surface area contributed by atoms with Crippen molar-refractivity contribution in [3.05, 3.63) is 47.1 Å². The summed E-state index contributed by atoms with van der Waals surface area (Å²) in [4.78, 5) is 16.8. The van der Waals surface area contributed by atoms with Gasteiger partial charge in [0.2, 0.25) is 5.91 Å². The van der Waals surface area contributed by atoms with Crippen molar-refractivity contribution < 1.29 is 9.18 Å². The molecule has 1 atom stereocenters. The van der Waals surface area contributed by atoms with Crippen LogP contribution < -0.4 is 10.2 Å². The number of hydrogen-bond acceptors (Lipinski definition) is 5. The van der Waals surface area contributed by atoms with Gasteiger partial charge in [0, 0.05) is 31.9 Å². The van der Waals surface area contributed by atoms with Crippen molar-refractivity contribution in [1.29, 1.82) is 5.26 Å². The number of amides is 1. The van der Waals surface area contributed by atoms with E-state index in [4.69, 9.17) is 5.26 Å². The minimum atomic E-state index is -0.274. The molecular formula is C18H19FN4OS. The number of nitriles is 1. The van der Waals surface area contributed by atoms with E-state index < -0.39 is 0 Å². The molecule has 1 aliphatic rings. The molecule has 5 nitrogen and oxygen atoms in total. The zero-order chi connectivity index (χ0) is 17.8. The normalized spacial score (nSPS) is 16.3. The Morgan fingerprint density at radius 2 is 1.92 bits per heavy atom. The third-order valence-electron chi connectivity index (χ3n) is 4.46. The number of benzene rings is 1. The Hall–Kier alpha value is -2.43. The number of nitrogens with one attached hydrogen (secondary N) is 1. The van der Waals surface area contributed by atoms with E-state index in [9.17, 15) is 9.18 Å². The van der Waals surface area contributed by atoms with E-state index in [1.807, 2.05) is 6.92 Å². The van der Waals surface area contributed by atoms with Crippen LogP contribution in [0.5, 0.6) is 0 Å². The first-order chi connectivity index (χ1) is 12.1. The maximum absolute atomic E-state index is 13.0. The van der Waals surface area contributed by atoms with E-state index in [2.05, 4.69) is 21.2 Å². The van der Waals surface area contributed by atoms with Crippen LogP contribution in [0.15, 0.2) is 35.7 Å². The SMILES string of the molecule is C[C@@H](C(=O)Nc1sccc1C#N)N1CCN(c2ccc(F)cc2)CC1. The van der Waals surface area contributed by atoms with Crippen LogP contribution in [0.1, 0.15) is 12.5 Å². The van der Waals surface area contributed by atoms with Crippen LogP contribution in [0.25, 0.3) is 0 Å². The van der Waals surface area contributed by atoms with Crippen molar-refractivity contribution in [3.63, 3.8) is 0 Å². The number of rotatable bonds is 4. The van der Waals surface area contributed by atoms with E-state index in [1.165, 1.54) is 23.5 Å². The van der Waals surface area contributed by atoms with Crippen LogP contribution in [0, 0.1) is 17.1 Å². The highest BCUT2D eigenvalue weighted by Gasteiger charge is 2.26. The number of nitrogens with zero attached hydrogens (tertiary/aromatic N) is 3. The highest BCUT2D eigenvalue weighted by molar-refractivity contribution is 7.14. The van der Waals surface area contributed by atoms with E-state index in [1.54, 1.807) is 23.6 Å². The van der Waals surface area contributed by atoms with Gasteiger partial charge in [-0.1, -0.05) is 0 Å². The van der Waals surface area contributed by atoms with Crippen molar-refractivity contribution in [3.8, 4) is 6.07 Å². The van der Waals surface area contributed by atoms with Crippen molar-refractivity contribution in [2.45, 2.75) is 13.0 Å². The van der Waals surface area contributed by atoms with Gasteiger partial charge in [0.1, 0.15) is 16.9 Å². The van der Waals surface area contributed by atoms with Crippen molar-refractivity contribution in [1.82, 2.24) is 4.90 Å². The molecule has 1 amide bonds. The van der Waals surface area contributed by atoms with Gasteiger partial charge in [-0.15, -0.1) is 11.3 Å². The summed E-state index contributed by atoms with van der Waals surface area (Å²) < 4.78 is 13.0. The predicted molar refractivity (Wildman–Crippen MR) is 97.3 cm³/mol. The van der Waals surface area contributed by atoms with Crippen molar-refractivity contribution >= 4 is 27.9 Å². The quantitative estimate of drug-likeness (QED) is 0.913. The second-order valence-electron chi connectivity index (χ2n) is 5.94. The van der Waals surface area contributed by atoms with Gasteiger partial charge in [0.15, 0.2) is 0 Å². The average Bonchev–Trinajstić information content (AvgIpc) is 3.09. The molecule has 1 aromatic carbocycles. The summed E-state index contributed by atoms with van der Waals surface area (Å²) in [6, 6.07) is 9.99. The van der Waals surface area contributed by atoms with Crippen LogP contribution in [0.2, 0.25) is 0 Å². The molecule has 1 aromatic heterocycles. The van der Waals surface area contributed by atoms with Crippen LogP contribution in [-0.4, -0.2) is 43.0 Å². The fourth-order valence-corrected chi connectivity index (χ4v) is 3.64. The smallest absolute Gasteiger partial charge is 0.242 e. The number of carbonyl (C=O) groups is 1. The molecule has 0 radical (unpaired) electrons. The topological polar surface area (TPSA) is 59.4 Å². The van der Waals surface area contributed by atoms with Gasteiger partial charge in [0.25, 0.3) is 0 Å². The van der Waals surface area contributed by atoms with Gasteiger partial charge in [-0.25, -0.2) is 4.39 Å². The molecule has 1 fully saturated rings. The fourth-order valence-electron chi connectivity index (χ4n) is 2.90. The maximum atomic E-state index is 13.0. The highest BCUT2D eigenvalue weighted by Crippen LogP contribution is 2.23. The summed E-state index contributed by atoms with van der Waals surface area (Å²) in [7, 11) is 0. The van der Waals surface area contributed by atoms with E-state index in [0.717, 1.165) is 31.9 Å². The molecule has 25 heavy (non-hydrogen) atoms. The Bertz CT molecular complexity index is 775. The number of thiophene rings is 1. The summed E-state index contributed by atoms with van der Waals surface area (Å²) in [6.45, 7) is 4.95. The second-order valence-corrected chi connectivity index (χ2v) is 6.86. The molecule has 0 saturated carbocycles. The second kappa shape index (κ2) is 7.64. The molecule has 1 saturated heterocycles. The Balaban J connectivity index is 1.56. The molecule has 2 aromatic rings. The summed E-state index contributed by atoms with van der Waals surface area (Å²) in [6.07, 6.45) is 0. The van der Waals surface area contributed by atoms with Gasteiger partial charge < -0.3 is 10.2 Å². The third-order valence-corrected chi connectivity index (χ3v) is 5.29. The molecule has 1 aliphatic heterocycles. The van der Waals surface area contributed by atoms with E-state index in [-0.39, 0.29) is 17.8 Å². The lowest BCUT2D eigenvalue weighted by molar-refractivity contribution is -0.120. The van der Waals surface area contributed by atoms with Gasteiger partial charge >= 0.3 is 0 Å². The molecule has 0 unspecified atom stereocenters. The lowest BCUT2D eigenvalue weighted by Gasteiger charge is -2.38. The lowest BCUT2D eigenvalue weighted by atomic mass is 10.2. The molecule has 0 bridgehead atoms. The van der Waals surface area contributed by atoms with Crippen LogP contribution in [0.4, 0.5) is 15.1 Å². The summed E-state index contributed by atoms with van der Waals surface area (Å²) >= 11 is 1.35. The molecule has 2 heterocycles. The summed E-state index contributed by atoms with van der Waals surface area (Å²) in [5.41, 5.74) is 1.49. The Labute approximate surface area is 150 Å². The molecule has 7 heteroatoms. The highest BCUT2D eigenvalue weighted by atomic mass is 32.1. The fraction of sp³-hybridized carbons (Fsp3) is 0.333. The predicted octanol–water partition coefficient (Wildman–Crippen LogP) is 2.91. The number of piperazine rings is 1. The molecule has 1 N–H and O–H groups in total. The van der Waals surface area contributed by atoms with E-state index in [0.29, 0.717) is 10.6 Å². The molecule has 130 valence electrons. The lowest BCUT2D eigenvalue weighted by Crippen LogP contribution is -2.52. The standard InChI is InChI=1S/C18H19FN4OS/c1-13(17(24)21-18-14(12-20)6-11-25-18)22-7-9-23(10-8-22)16-4-2-15(19)3-5-16/h2-6,11,13H,7-10H2,1H3,(H,21,24)/t13-/m0/s1. The molecule has 0 spiro atoms. The molecular weight excluding hydrogens is 339 g/mol. The van der Waals surface area contributed by atoms with Crippen LogP contribution in [-0.2, 0) is 4.79 Å². The number of hydrogen-bond donors (Lipinski definition) is 1. The molecule has 3 rings (SSSR count). The monoisotopic (exact) mass is 358 g/mol. The van der Waals surface area contributed by atoms with Gasteiger partial charge in [0.05, 0.1) is 11.6 Å². The minimum Gasteiger partial charge on any atom is -0.369 e. The first-order valence-electron chi connectivity index (χ1n) is 8.11. The zero-order valence-corrected chi connectivity index (χ0v) is 14.7. The van der Waals surface area contributed by atoms with E-state index >= 15 is 0 Å². The Kier molecular flexibility index (Phi) is 5.31. The number of anilines is 2.